The molecule has 0 aromatic heterocycles. The van der Waals surface area contributed by atoms with E-state index in [-0.39, 0.29) is 0 Å². The molecule has 0 aliphatic carbocycles. The monoisotopic (exact) mass is 288 g/mol. The highest BCUT2D eigenvalue weighted by Crippen LogP contribution is 2.23. The molecule has 1 aliphatic rings. The molecule has 2 unspecified atom stereocenters. The van der Waals surface area contributed by atoms with Gasteiger partial charge in [0, 0.05) is 31.8 Å². The van der Waals surface area contributed by atoms with Crippen molar-refractivity contribution < 1.29 is 9.90 Å². The second-order valence-electron chi connectivity index (χ2n) is 6.07. The van der Waals surface area contributed by atoms with Crippen molar-refractivity contribution in [2.24, 2.45) is 5.92 Å². The standard InChI is InChI=1S/C17H24N2O2/c1-13-10-19(12-16(13)18(2)3)11-15-7-5-4-6-14(15)8-9-17(20)21/h4-9,13,16H,10-12H2,1-3H3,(H,20,21)/b9-8+. The molecule has 2 atom stereocenters. The summed E-state index contributed by atoms with van der Waals surface area (Å²) in [4.78, 5) is 15.4. The zero-order valence-electron chi connectivity index (χ0n) is 13.0. The van der Waals surface area contributed by atoms with Gasteiger partial charge in [-0.1, -0.05) is 31.2 Å². The molecule has 1 saturated heterocycles. The van der Waals surface area contributed by atoms with Crippen molar-refractivity contribution in [3.63, 3.8) is 0 Å². The minimum Gasteiger partial charge on any atom is -0.478 e. The van der Waals surface area contributed by atoms with Crippen LogP contribution in [-0.2, 0) is 11.3 Å². The predicted molar refractivity (Wildman–Crippen MR) is 85.0 cm³/mol. The van der Waals surface area contributed by atoms with Crippen molar-refractivity contribution in [2.45, 2.75) is 19.5 Å². The zero-order valence-corrected chi connectivity index (χ0v) is 13.0. The highest BCUT2D eigenvalue weighted by molar-refractivity contribution is 5.85. The lowest BCUT2D eigenvalue weighted by atomic mass is 10.1. The van der Waals surface area contributed by atoms with E-state index in [1.165, 1.54) is 11.6 Å². The summed E-state index contributed by atoms with van der Waals surface area (Å²) >= 11 is 0. The molecule has 1 heterocycles. The zero-order chi connectivity index (χ0) is 15.4. The van der Waals surface area contributed by atoms with Gasteiger partial charge in [-0.25, -0.2) is 4.79 Å². The van der Waals surface area contributed by atoms with E-state index in [0.717, 1.165) is 25.2 Å². The van der Waals surface area contributed by atoms with Crippen molar-refractivity contribution in [3.8, 4) is 0 Å². The first-order chi connectivity index (χ1) is 9.97. The number of benzene rings is 1. The first-order valence-corrected chi connectivity index (χ1v) is 7.35. The van der Waals surface area contributed by atoms with Crippen molar-refractivity contribution in [1.29, 1.82) is 0 Å². The van der Waals surface area contributed by atoms with Gasteiger partial charge in [-0.3, -0.25) is 4.90 Å². The maximum Gasteiger partial charge on any atom is 0.328 e. The van der Waals surface area contributed by atoms with Gasteiger partial charge in [0.15, 0.2) is 0 Å². The van der Waals surface area contributed by atoms with Crippen LogP contribution >= 0.6 is 0 Å². The lowest BCUT2D eigenvalue weighted by Gasteiger charge is -2.22. The molecule has 21 heavy (non-hydrogen) atoms. The van der Waals surface area contributed by atoms with Crippen LogP contribution in [0, 0.1) is 5.92 Å². The normalized spacial score (nSPS) is 23.2. The summed E-state index contributed by atoms with van der Waals surface area (Å²) in [5, 5.41) is 8.78. The number of rotatable bonds is 5. The van der Waals surface area contributed by atoms with Gasteiger partial charge in [0.2, 0.25) is 0 Å². The van der Waals surface area contributed by atoms with Gasteiger partial charge in [-0.2, -0.15) is 0 Å². The Kier molecular flexibility index (Phi) is 5.15. The molecule has 4 heteroatoms. The number of hydrogen-bond donors (Lipinski definition) is 1. The number of carboxylic acid groups (broad SMARTS) is 1. The molecule has 0 saturated carbocycles. The smallest absolute Gasteiger partial charge is 0.328 e. The van der Waals surface area contributed by atoms with Crippen LogP contribution in [0.4, 0.5) is 0 Å². The van der Waals surface area contributed by atoms with E-state index in [2.05, 4.69) is 36.9 Å². The van der Waals surface area contributed by atoms with Crippen LogP contribution in [0.15, 0.2) is 30.3 Å². The third kappa shape index (κ3) is 4.16. The van der Waals surface area contributed by atoms with E-state index in [4.69, 9.17) is 5.11 Å². The lowest BCUT2D eigenvalue weighted by Crippen LogP contribution is -2.34. The minimum absolute atomic E-state index is 0.590. The van der Waals surface area contributed by atoms with Crippen molar-refractivity contribution >= 4 is 12.0 Å². The van der Waals surface area contributed by atoms with Crippen LogP contribution in [0.25, 0.3) is 6.08 Å². The van der Waals surface area contributed by atoms with Gasteiger partial charge in [0.05, 0.1) is 0 Å². The Labute approximate surface area is 126 Å². The van der Waals surface area contributed by atoms with Gasteiger partial charge in [-0.15, -0.1) is 0 Å². The second-order valence-corrected chi connectivity index (χ2v) is 6.07. The molecular formula is C17H24N2O2. The van der Waals surface area contributed by atoms with E-state index >= 15 is 0 Å². The average Bonchev–Trinajstić information content (AvgIpc) is 2.78. The molecule has 0 amide bonds. The molecule has 114 valence electrons. The highest BCUT2D eigenvalue weighted by atomic mass is 16.4. The number of aliphatic carboxylic acids is 1. The summed E-state index contributed by atoms with van der Waals surface area (Å²) in [6.45, 7) is 5.31. The number of nitrogens with zero attached hydrogens (tertiary/aromatic N) is 2. The van der Waals surface area contributed by atoms with Gasteiger partial charge in [0.25, 0.3) is 0 Å². The Morgan fingerprint density at radius 1 is 1.38 bits per heavy atom. The Hall–Kier alpha value is -1.65. The Morgan fingerprint density at radius 2 is 2.10 bits per heavy atom. The van der Waals surface area contributed by atoms with E-state index in [0.29, 0.717) is 12.0 Å². The van der Waals surface area contributed by atoms with E-state index in [9.17, 15) is 4.79 Å². The Morgan fingerprint density at radius 3 is 2.71 bits per heavy atom. The predicted octanol–water partition coefficient (Wildman–Crippen LogP) is 2.17. The van der Waals surface area contributed by atoms with E-state index in [1.54, 1.807) is 6.08 Å². The molecule has 1 N–H and O–H groups in total. The number of hydrogen-bond acceptors (Lipinski definition) is 3. The first-order valence-electron chi connectivity index (χ1n) is 7.35. The third-order valence-electron chi connectivity index (χ3n) is 4.17. The van der Waals surface area contributed by atoms with Crippen LogP contribution in [0.3, 0.4) is 0 Å². The van der Waals surface area contributed by atoms with Crippen LogP contribution in [-0.4, -0.2) is 54.1 Å². The molecule has 4 nitrogen and oxygen atoms in total. The Balaban J connectivity index is 2.09. The molecular weight excluding hydrogens is 264 g/mol. The molecule has 1 aromatic rings. The Bertz CT molecular complexity index is 525. The van der Waals surface area contributed by atoms with Crippen molar-refractivity contribution in [1.82, 2.24) is 9.80 Å². The summed E-state index contributed by atoms with van der Waals surface area (Å²) in [6.07, 6.45) is 2.88. The SMILES string of the molecule is CC1CN(Cc2ccccc2/C=C/C(=O)O)CC1N(C)C. The fourth-order valence-corrected chi connectivity index (χ4v) is 3.09. The molecule has 0 spiro atoms. The van der Waals surface area contributed by atoms with Crippen LogP contribution in [0.1, 0.15) is 18.1 Å². The minimum atomic E-state index is -0.910. The molecule has 0 radical (unpaired) electrons. The summed E-state index contributed by atoms with van der Waals surface area (Å²) < 4.78 is 0. The maximum absolute atomic E-state index is 10.7. The topological polar surface area (TPSA) is 43.8 Å². The summed E-state index contributed by atoms with van der Waals surface area (Å²) in [7, 11) is 4.27. The van der Waals surface area contributed by atoms with Crippen LogP contribution < -0.4 is 0 Å². The number of carboxylic acids is 1. The maximum atomic E-state index is 10.7. The highest BCUT2D eigenvalue weighted by Gasteiger charge is 2.30. The molecule has 0 bridgehead atoms. The molecule has 1 aromatic carbocycles. The van der Waals surface area contributed by atoms with Gasteiger partial charge >= 0.3 is 5.97 Å². The van der Waals surface area contributed by atoms with Crippen molar-refractivity contribution in [2.75, 3.05) is 27.2 Å². The molecule has 1 aliphatic heterocycles. The van der Waals surface area contributed by atoms with Crippen LogP contribution in [0.2, 0.25) is 0 Å². The second kappa shape index (κ2) is 6.87. The summed E-state index contributed by atoms with van der Waals surface area (Å²) in [6, 6.07) is 8.59. The quantitative estimate of drug-likeness (QED) is 0.843. The van der Waals surface area contributed by atoms with Crippen molar-refractivity contribution in [3.05, 3.63) is 41.5 Å². The number of likely N-dealkylation sites (N-methyl/N-ethyl adjacent to an activating group) is 1. The number of carbonyl (C=O) groups is 1. The van der Waals surface area contributed by atoms with Gasteiger partial charge in [-0.05, 0) is 37.2 Å². The summed E-state index contributed by atoms with van der Waals surface area (Å²) in [5.74, 6) is -0.256. The lowest BCUT2D eigenvalue weighted by molar-refractivity contribution is -0.131. The average molecular weight is 288 g/mol. The first kappa shape index (κ1) is 15.7. The summed E-state index contributed by atoms with van der Waals surface area (Å²) in [5.41, 5.74) is 2.17. The van der Waals surface area contributed by atoms with Gasteiger partial charge < -0.3 is 10.0 Å². The third-order valence-corrected chi connectivity index (χ3v) is 4.17. The largest absolute Gasteiger partial charge is 0.478 e. The number of likely N-dealkylation sites (tertiary alicyclic amines) is 1. The van der Waals surface area contributed by atoms with E-state index in [1.807, 2.05) is 18.2 Å². The molecule has 1 fully saturated rings. The van der Waals surface area contributed by atoms with Gasteiger partial charge in [0.1, 0.15) is 0 Å². The fraction of sp³-hybridized carbons (Fsp3) is 0.471. The van der Waals surface area contributed by atoms with Crippen LogP contribution in [0.5, 0.6) is 0 Å². The van der Waals surface area contributed by atoms with E-state index < -0.39 is 5.97 Å². The molecule has 2 rings (SSSR count). The fourth-order valence-electron chi connectivity index (χ4n) is 3.09.